The minimum Gasteiger partial charge on any atom is -0.406 e. The molecule has 9 nitrogen and oxygen atoms in total. The van der Waals surface area contributed by atoms with Gasteiger partial charge in [-0.3, -0.25) is 9.69 Å². The largest absolute Gasteiger partial charge is 0.573 e. The molecule has 0 bridgehead atoms. The number of thioether (sulfide) groups is 1. The smallest absolute Gasteiger partial charge is 0.406 e. The number of ether oxygens (including phenoxy) is 1. The molecule has 0 aliphatic carbocycles. The van der Waals surface area contributed by atoms with Gasteiger partial charge in [-0.25, -0.2) is 14.5 Å². The van der Waals surface area contributed by atoms with E-state index in [0.29, 0.717) is 22.2 Å². The fourth-order valence-electron chi connectivity index (χ4n) is 4.44. The Bertz CT molecular complexity index is 1650. The molecule has 3 aromatic carbocycles. The number of nitrogens with zero attached hydrogens (tertiary/aromatic N) is 5. The minimum atomic E-state index is -4.76. The Kier molecular flexibility index (Phi) is 8.81. The zero-order valence-corrected chi connectivity index (χ0v) is 24.1. The maximum atomic E-state index is 12.7. The van der Waals surface area contributed by atoms with Gasteiger partial charge in [0.05, 0.1) is 17.1 Å². The number of amides is 3. The van der Waals surface area contributed by atoms with Crippen LogP contribution >= 0.6 is 11.8 Å². The maximum Gasteiger partial charge on any atom is 0.573 e. The van der Waals surface area contributed by atoms with E-state index in [1.54, 1.807) is 12.1 Å². The van der Waals surface area contributed by atoms with Gasteiger partial charge in [0, 0.05) is 12.1 Å². The quantitative estimate of drug-likeness (QED) is 0.247. The molecule has 0 unspecified atom stereocenters. The summed E-state index contributed by atoms with van der Waals surface area (Å²) in [7, 11) is 0. The third kappa shape index (κ3) is 7.41. The topological polar surface area (TPSA) is 102 Å². The number of aromatic nitrogens is 3. The highest BCUT2D eigenvalue weighted by atomic mass is 32.2. The summed E-state index contributed by atoms with van der Waals surface area (Å²) in [5.74, 6) is 0.193. The first-order chi connectivity index (χ1) is 20.6. The number of carbonyl (C=O) groups is 2. The lowest BCUT2D eigenvalue weighted by atomic mass is 10.0. The van der Waals surface area contributed by atoms with Crippen molar-refractivity contribution in [1.82, 2.24) is 20.1 Å². The van der Waals surface area contributed by atoms with Crippen LogP contribution in [0.15, 0.2) is 78.0 Å². The van der Waals surface area contributed by atoms with Crippen LogP contribution in [0.4, 0.5) is 23.7 Å². The molecule has 1 saturated heterocycles. The van der Waals surface area contributed by atoms with E-state index in [-0.39, 0.29) is 24.0 Å². The van der Waals surface area contributed by atoms with Crippen LogP contribution in [0.3, 0.4) is 0 Å². The fourth-order valence-corrected chi connectivity index (χ4v) is 5.30. The summed E-state index contributed by atoms with van der Waals surface area (Å²) in [6, 6.07) is 17.9. The van der Waals surface area contributed by atoms with E-state index in [0.717, 1.165) is 35.2 Å². The molecule has 43 heavy (non-hydrogen) atoms. The number of carbonyl (C=O) groups excluding carboxylic acids is 2. The number of anilines is 1. The third-order valence-electron chi connectivity index (χ3n) is 6.45. The summed E-state index contributed by atoms with van der Waals surface area (Å²) in [6.07, 6.45) is -1.57. The lowest BCUT2D eigenvalue weighted by molar-refractivity contribution is -0.274. The SMILES string of the molecule is CCCc1ccc(C)cc1N1C(=O)CS/C1=N\C(=O)NCc1ccc(-c2ncn(-c3ccc(OC(F)(F)F)cc3)n2)cc1. The first kappa shape index (κ1) is 29.8. The summed E-state index contributed by atoms with van der Waals surface area (Å²) in [4.78, 5) is 35.5. The van der Waals surface area contributed by atoms with Crippen LogP contribution in [0.25, 0.3) is 17.1 Å². The van der Waals surface area contributed by atoms with E-state index < -0.39 is 12.4 Å². The van der Waals surface area contributed by atoms with Gasteiger partial charge in [-0.2, -0.15) is 4.99 Å². The Morgan fingerprint density at radius 2 is 1.84 bits per heavy atom. The molecular weight excluding hydrogens is 581 g/mol. The number of aryl methyl sites for hydroxylation is 2. The van der Waals surface area contributed by atoms with Crippen molar-refractivity contribution in [3.63, 3.8) is 0 Å². The van der Waals surface area contributed by atoms with Gasteiger partial charge in [0.25, 0.3) is 0 Å². The molecule has 1 aromatic heterocycles. The Morgan fingerprint density at radius 1 is 1.09 bits per heavy atom. The van der Waals surface area contributed by atoms with Gasteiger partial charge < -0.3 is 10.1 Å². The van der Waals surface area contributed by atoms with Gasteiger partial charge in [0.1, 0.15) is 12.1 Å². The van der Waals surface area contributed by atoms with Gasteiger partial charge in [-0.15, -0.1) is 18.3 Å². The molecule has 2 heterocycles. The number of nitrogens with one attached hydrogen (secondary N) is 1. The molecule has 5 rings (SSSR count). The number of halogens is 3. The van der Waals surface area contributed by atoms with Crippen molar-refractivity contribution in [2.24, 2.45) is 4.99 Å². The predicted molar refractivity (Wildman–Crippen MR) is 158 cm³/mol. The maximum absolute atomic E-state index is 12.7. The first-order valence-corrected chi connectivity index (χ1v) is 14.4. The van der Waals surface area contributed by atoms with E-state index in [2.05, 4.69) is 32.1 Å². The summed E-state index contributed by atoms with van der Waals surface area (Å²) in [6.45, 7) is 4.25. The van der Waals surface area contributed by atoms with E-state index in [1.807, 2.05) is 37.3 Å². The lowest BCUT2D eigenvalue weighted by Crippen LogP contribution is -2.32. The average molecular weight is 609 g/mol. The summed E-state index contributed by atoms with van der Waals surface area (Å²) >= 11 is 1.24. The monoisotopic (exact) mass is 608 g/mol. The first-order valence-electron chi connectivity index (χ1n) is 13.4. The van der Waals surface area contributed by atoms with E-state index >= 15 is 0 Å². The number of rotatable bonds is 8. The van der Waals surface area contributed by atoms with E-state index in [1.165, 1.54) is 51.9 Å². The Balaban J connectivity index is 1.21. The number of benzene rings is 3. The van der Waals surface area contributed by atoms with Crippen molar-refractivity contribution >= 4 is 34.6 Å². The second kappa shape index (κ2) is 12.7. The van der Waals surface area contributed by atoms with Crippen molar-refractivity contribution in [3.05, 3.63) is 89.7 Å². The standard InChI is InChI=1S/C30H27F3N6O3S/c1-3-4-21-8-5-19(2)15-25(21)39-26(40)17-43-29(39)36-28(41)34-16-20-6-9-22(10-7-20)27-35-18-38(37-27)23-11-13-24(14-12-23)42-30(31,32)33/h5-15,18H,3-4,16-17H2,1-2H3,(H,34,41)/b36-29-. The molecule has 1 N–H and O–H groups in total. The summed E-state index contributed by atoms with van der Waals surface area (Å²) in [5.41, 5.74) is 4.85. The summed E-state index contributed by atoms with van der Waals surface area (Å²) in [5, 5.41) is 7.52. The summed E-state index contributed by atoms with van der Waals surface area (Å²) < 4.78 is 42.5. The average Bonchev–Trinajstić information content (AvgIpc) is 3.60. The second-order valence-corrected chi connectivity index (χ2v) is 10.6. The number of amidine groups is 1. The van der Waals surface area contributed by atoms with Crippen molar-refractivity contribution in [2.75, 3.05) is 10.7 Å². The molecule has 0 saturated carbocycles. The van der Waals surface area contributed by atoms with Gasteiger partial charge >= 0.3 is 12.4 Å². The zero-order valence-electron chi connectivity index (χ0n) is 23.3. The highest BCUT2D eigenvalue weighted by Gasteiger charge is 2.32. The molecule has 0 spiro atoms. The van der Waals surface area contributed by atoms with Crippen LogP contribution in [-0.4, -0.2) is 44.0 Å². The lowest BCUT2D eigenvalue weighted by Gasteiger charge is -2.20. The fraction of sp³-hybridized carbons (Fsp3) is 0.233. The van der Waals surface area contributed by atoms with Crippen molar-refractivity contribution in [1.29, 1.82) is 0 Å². The number of aliphatic imine (C=N–C) groups is 1. The third-order valence-corrected chi connectivity index (χ3v) is 7.37. The molecule has 222 valence electrons. The zero-order chi connectivity index (χ0) is 30.6. The van der Waals surface area contributed by atoms with E-state index in [9.17, 15) is 22.8 Å². The molecule has 3 amide bonds. The number of hydrogen-bond donors (Lipinski definition) is 1. The second-order valence-electron chi connectivity index (χ2n) is 9.70. The van der Waals surface area contributed by atoms with E-state index in [4.69, 9.17) is 0 Å². The van der Waals surface area contributed by atoms with Crippen LogP contribution in [0, 0.1) is 6.92 Å². The van der Waals surface area contributed by atoms with Gasteiger partial charge in [0.15, 0.2) is 11.0 Å². The Morgan fingerprint density at radius 3 is 2.53 bits per heavy atom. The number of hydrogen-bond acceptors (Lipinski definition) is 6. The normalized spacial score (nSPS) is 14.4. The van der Waals surface area contributed by atoms with Gasteiger partial charge in [0.2, 0.25) is 5.91 Å². The predicted octanol–water partition coefficient (Wildman–Crippen LogP) is 6.44. The van der Waals surface area contributed by atoms with Crippen LogP contribution in [0.1, 0.15) is 30.0 Å². The van der Waals surface area contributed by atoms with Crippen molar-refractivity contribution < 1.29 is 27.5 Å². The Labute approximate surface area is 249 Å². The molecule has 13 heteroatoms. The molecule has 1 aliphatic heterocycles. The Hall–Kier alpha value is -4.65. The van der Waals surface area contributed by atoms with Crippen molar-refractivity contribution in [3.8, 4) is 22.8 Å². The molecular formula is C30H27F3N6O3S. The molecule has 4 aromatic rings. The minimum absolute atomic E-state index is 0.112. The molecule has 1 aliphatic rings. The highest BCUT2D eigenvalue weighted by Crippen LogP contribution is 2.31. The van der Waals surface area contributed by atoms with Crippen LogP contribution in [-0.2, 0) is 17.8 Å². The number of alkyl halides is 3. The van der Waals surface area contributed by atoms with Crippen LogP contribution < -0.4 is 15.0 Å². The molecule has 1 fully saturated rings. The van der Waals surface area contributed by atoms with Gasteiger partial charge in [-0.1, -0.05) is 61.5 Å². The molecule has 0 atom stereocenters. The number of urea groups is 1. The van der Waals surface area contributed by atoms with Gasteiger partial charge in [-0.05, 0) is 60.4 Å². The molecule has 0 radical (unpaired) electrons. The highest BCUT2D eigenvalue weighted by molar-refractivity contribution is 8.15. The van der Waals surface area contributed by atoms with Crippen molar-refractivity contribution in [2.45, 2.75) is 39.6 Å². The van der Waals surface area contributed by atoms with Crippen LogP contribution in [0.2, 0.25) is 0 Å². The van der Waals surface area contributed by atoms with Crippen LogP contribution in [0.5, 0.6) is 5.75 Å².